The zero-order chi connectivity index (χ0) is 23.2. The maximum Gasteiger partial charge on any atom is 0.407 e. The summed E-state index contributed by atoms with van der Waals surface area (Å²) >= 11 is 0. The van der Waals surface area contributed by atoms with Crippen LogP contribution in [0.4, 0.5) is 4.79 Å². The number of carbonyl (C=O) groups excluding carboxylic acids is 2. The van der Waals surface area contributed by atoms with Crippen LogP contribution in [0.5, 0.6) is 0 Å². The summed E-state index contributed by atoms with van der Waals surface area (Å²) in [5.74, 6) is -1.63. The van der Waals surface area contributed by atoms with E-state index in [4.69, 9.17) is 14.6 Å². The van der Waals surface area contributed by atoms with E-state index in [0.717, 1.165) is 11.1 Å². The highest BCUT2D eigenvalue weighted by Crippen LogP contribution is 2.44. The van der Waals surface area contributed by atoms with Gasteiger partial charge in [0.25, 0.3) is 0 Å². The zero-order valence-electron chi connectivity index (χ0n) is 18.4. The van der Waals surface area contributed by atoms with Crippen LogP contribution in [0.3, 0.4) is 0 Å². The van der Waals surface area contributed by atoms with E-state index >= 15 is 0 Å². The maximum absolute atomic E-state index is 12.2. The van der Waals surface area contributed by atoms with Gasteiger partial charge < -0.3 is 24.8 Å². The van der Waals surface area contributed by atoms with Crippen molar-refractivity contribution >= 4 is 18.0 Å². The molecule has 2 aliphatic rings. The van der Waals surface area contributed by atoms with Crippen LogP contribution in [0.2, 0.25) is 0 Å². The van der Waals surface area contributed by atoms with E-state index < -0.39 is 18.0 Å². The third kappa shape index (κ3) is 5.34. The van der Waals surface area contributed by atoms with Crippen molar-refractivity contribution in [3.8, 4) is 11.1 Å². The molecule has 1 aliphatic heterocycles. The molecule has 33 heavy (non-hydrogen) atoms. The first-order valence-electron chi connectivity index (χ1n) is 11.2. The summed E-state index contributed by atoms with van der Waals surface area (Å²) in [6.07, 6.45) is 0.725. The molecule has 2 aromatic rings. The third-order valence-corrected chi connectivity index (χ3v) is 6.21. The Labute approximate surface area is 192 Å². The van der Waals surface area contributed by atoms with Crippen LogP contribution in [-0.4, -0.2) is 67.4 Å². The number of amides is 2. The van der Waals surface area contributed by atoms with E-state index in [1.807, 2.05) is 24.3 Å². The highest BCUT2D eigenvalue weighted by molar-refractivity contribution is 5.80. The maximum atomic E-state index is 12.2. The summed E-state index contributed by atoms with van der Waals surface area (Å²) in [6.45, 7) is 1.23. The number of fused-ring (bicyclic) bond motifs is 3. The number of hydrogen-bond acceptors (Lipinski definition) is 5. The van der Waals surface area contributed by atoms with Crippen LogP contribution in [0.15, 0.2) is 48.5 Å². The lowest BCUT2D eigenvalue weighted by Crippen LogP contribution is -2.44. The molecule has 8 heteroatoms. The van der Waals surface area contributed by atoms with Crippen molar-refractivity contribution in [2.75, 3.05) is 39.5 Å². The molecule has 1 aliphatic carbocycles. The molecular formula is C25H28N2O6. The Kier molecular flexibility index (Phi) is 7.24. The van der Waals surface area contributed by atoms with E-state index in [2.05, 4.69) is 29.6 Å². The second-order valence-electron chi connectivity index (χ2n) is 8.32. The monoisotopic (exact) mass is 452 g/mol. The van der Waals surface area contributed by atoms with Crippen molar-refractivity contribution in [3.63, 3.8) is 0 Å². The third-order valence-electron chi connectivity index (χ3n) is 6.21. The number of carbonyl (C=O) groups is 3. The molecule has 0 unspecified atom stereocenters. The molecule has 1 saturated heterocycles. The fourth-order valence-corrected chi connectivity index (χ4v) is 4.53. The molecule has 4 rings (SSSR count). The van der Waals surface area contributed by atoms with Crippen LogP contribution in [0, 0.1) is 5.92 Å². The molecule has 1 atom stereocenters. The first-order chi connectivity index (χ1) is 16.0. The van der Waals surface area contributed by atoms with Crippen LogP contribution in [0.25, 0.3) is 11.1 Å². The molecule has 0 aromatic heterocycles. The Bertz CT molecular complexity index is 978. The quantitative estimate of drug-likeness (QED) is 0.597. The molecular weight excluding hydrogens is 424 g/mol. The summed E-state index contributed by atoms with van der Waals surface area (Å²) in [5.41, 5.74) is 4.64. The highest BCUT2D eigenvalue weighted by Gasteiger charge is 2.29. The molecule has 2 N–H and O–H groups in total. The average molecular weight is 453 g/mol. The molecule has 8 nitrogen and oxygen atoms in total. The largest absolute Gasteiger partial charge is 0.481 e. The Balaban J connectivity index is 1.17. The average Bonchev–Trinajstić information content (AvgIpc) is 3.16. The number of carboxylic acid groups (broad SMARTS) is 1. The van der Waals surface area contributed by atoms with Crippen molar-refractivity contribution in [2.24, 2.45) is 5.92 Å². The van der Waals surface area contributed by atoms with Gasteiger partial charge in [0.2, 0.25) is 5.91 Å². The number of nitrogens with zero attached hydrogens (tertiary/aromatic N) is 1. The number of nitrogens with one attached hydrogen (secondary N) is 1. The Morgan fingerprint density at radius 1 is 1.03 bits per heavy atom. The topological polar surface area (TPSA) is 105 Å². The van der Waals surface area contributed by atoms with Crippen molar-refractivity contribution in [2.45, 2.75) is 18.8 Å². The van der Waals surface area contributed by atoms with Gasteiger partial charge in [-0.25, -0.2) is 4.79 Å². The van der Waals surface area contributed by atoms with E-state index in [0.29, 0.717) is 19.4 Å². The summed E-state index contributed by atoms with van der Waals surface area (Å²) in [5, 5.41) is 11.8. The molecule has 2 amide bonds. The number of alkyl carbamates (subject to hydrolysis) is 1. The zero-order valence-corrected chi connectivity index (χ0v) is 18.4. The Hall–Kier alpha value is -3.39. The van der Waals surface area contributed by atoms with E-state index in [1.54, 1.807) is 0 Å². The number of hydrogen-bond donors (Lipinski definition) is 2. The second kappa shape index (κ2) is 10.5. The Morgan fingerprint density at radius 2 is 1.70 bits per heavy atom. The van der Waals surface area contributed by atoms with Gasteiger partial charge in [0, 0.05) is 25.6 Å². The predicted octanol–water partition coefficient (Wildman–Crippen LogP) is 2.86. The van der Waals surface area contributed by atoms with Crippen LogP contribution >= 0.6 is 0 Å². The second-order valence-corrected chi connectivity index (χ2v) is 8.32. The van der Waals surface area contributed by atoms with Gasteiger partial charge in [0.05, 0.1) is 12.5 Å². The number of benzene rings is 2. The van der Waals surface area contributed by atoms with Gasteiger partial charge >= 0.3 is 12.1 Å². The van der Waals surface area contributed by atoms with Crippen molar-refractivity contribution in [1.29, 1.82) is 0 Å². The molecule has 1 fully saturated rings. The van der Waals surface area contributed by atoms with Gasteiger partial charge in [0.15, 0.2) is 0 Å². The SMILES string of the molecule is O=C(NCCOCC(=O)N1CCC[C@@H](C(=O)O)C1)OCC1c2ccccc2-c2ccccc21. The number of carboxylic acids is 1. The number of piperidine rings is 1. The molecule has 0 saturated carbocycles. The van der Waals surface area contributed by atoms with E-state index in [-0.39, 0.29) is 44.7 Å². The van der Waals surface area contributed by atoms with Gasteiger partial charge in [0.1, 0.15) is 13.2 Å². The molecule has 0 radical (unpaired) electrons. The first kappa shape index (κ1) is 22.8. The highest BCUT2D eigenvalue weighted by atomic mass is 16.5. The summed E-state index contributed by atoms with van der Waals surface area (Å²) < 4.78 is 10.8. The van der Waals surface area contributed by atoms with Gasteiger partial charge in [-0.1, -0.05) is 48.5 Å². The lowest BCUT2D eigenvalue weighted by Gasteiger charge is -2.30. The van der Waals surface area contributed by atoms with E-state index in [9.17, 15) is 14.4 Å². The van der Waals surface area contributed by atoms with Gasteiger partial charge in [-0.2, -0.15) is 0 Å². The van der Waals surface area contributed by atoms with Gasteiger partial charge in [-0.05, 0) is 35.1 Å². The van der Waals surface area contributed by atoms with Crippen molar-refractivity contribution in [1.82, 2.24) is 10.2 Å². The number of ether oxygens (including phenoxy) is 2. The van der Waals surface area contributed by atoms with Crippen LogP contribution < -0.4 is 5.32 Å². The summed E-state index contributed by atoms with van der Waals surface area (Å²) in [4.78, 5) is 37.0. The number of rotatable bonds is 8. The van der Waals surface area contributed by atoms with Gasteiger partial charge in [-0.15, -0.1) is 0 Å². The van der Waals surface area contributed by atoms with Gasteiger partial charge in [-0.3, -0.25) is 9.59 Å². The minimum atomic E-state index is -0.874. The molecule has 2 aromatic carbocycles. The predicted molar refractivity (Wildman–Crippen MR) is 121 cm³/mol. The smallest absolute Gasteiger partial charge is 0.407 e. The minimum absolute atomic E-state index is 0.00353. The number of aliphatic carboxylic acids is 1. The minimum Gasteiger partial charge on any atom is -0.481 e. The molecule has 1 heterocycles. The Morgan fingerprint density at radius 3 is 2.36 bits per heavy atom. The standard InChI is InChI=1S/C25H28N2O6/c28-23(27-12-5-6-17(14-27)24(29)30)16-32-13-11-26-25(31)33-15-22-20-9-3-1-7-18(20)19-8-2-4-10-21(19)22/h1-4,7-10,17,22H,5-6,11-16H2,(H,26,31)(H,29,30)/t17-/m1/s1. The van der Waals surface area contributed by atoms with E-state index in [1.165, 1.54) is 16.0 Å². The number of likely N-dealkylation sites (tertiary alicyclic amines) is 1. The lowest BCUT2D eigenvalue weighted by atomic mass is 9.98. The molecule has 0 spiro atoms. The van der Waals surface area contributed by atoms with Crippen molar-refractivity contribution < 1.29 is 29.0 Å². The van der Waals surface area contributed by atoms with Crippen LogP contribution in [-0.2, 0) is 19.1 Å². The normalized spacial score (nSPS) is 17.2. The summed E-state index contributed by atoms with van der Waals surface area (Å²) in [6, 6.07) is 16.3. The fourth-order valence-electron chi connectivity index (χ4n) is 4.53. The summed E-state index contributed by atoms with van der Waals surface area (Å²) in [7, 11) is 0. The molecule has 174 valence electrons. The fraction of sp³-hybridized carbons (Fsp3) is 0.400. The lowest BCUT2D eigenvalue weighted by molar-refractivity contribution is -0.147. The first-order valence-corrected chi connectivity index (χ1v) is 11.2. The van der Waals surface area contributed by atoms with Crippen molar-refractivity contribution in [3.05, 3.63) is 59.7 Å². The molecule has 0 bridgehead atoms. The van der Waals surface area contributed by atoms with Crippen LogP contribution in [0.1, 0.15) is 29.9 Å².